The van der Waals surface area contributed by atoms with E-state index in [0.717, 1.165) is 36.1 Å². The highest BCUT2D eigenvalue weighted by Gasteiger charge is 2.67. The van der Waals surface area contributed by atoms with E-state index in [0.29, 0.717) is 53.6 Å². The third-order valence-electron chi connectivity index (χ3n) is 13.5. The van der Waals surface area contributed by atoms with Gasteiger partial charge in [-0.3, -0.25) is 14.5 Å². The second kappa shape index (κ2) is 16.8. The zero-order chi connectivity index (χ0) is 43.3. The minimum absolute atomic E-state index is 0.000614. The van der Waals surface area contributed by atoms with E-state index in [1.165, 1.54) is 0 Å². The molecule has 10 nitrogen and oxygen atoms in total. The van der Waals surface area contributed by atoms with Crippen LogP contribution in [0.4, 0.5) is 0 Å². The topological polar surface area (TPSA) is 123 Å². The first kappa shape index (κ1) is 42.9. The second-order valence-corrected chi connectivity index (χ2v) is 23.4. The van der Waals surface area contributed by atoms with E-state index >= 15 is 9.59 Å². The summed E-state index contributed by atoms with van der Waals surface area (Å²) in [4.78, 5) is 33.5. The van der Waals surface area contributed by atoms with Gasteiger partial charge in [0, 0.05) is 35.6 Å². The van der Waals surface area contributed by atoms with Crippen molar-refractivity contribution in [3.8, 4) is 11.6 Å². The number of fused-ring (bicyclic) bond motifs is 4. The van der Waals surface area contributed by atoms with Crippen molar-refractivity contribution in [1.82, 2.24) is 15.4 Å². The zero-order valence-electron chi connectivity index (χ0n) is 35.8. The number of carbonyl (C=O) groups excluding carboxylic acids is 2. The van der Waals surface area contributed by atoms with Crippen LogP contribution in [0.5, 0.6) is 11.6 Å². The van der Waals surface area contributed by atoms with Gasteiger partial charge in [0.2, 0.25) is 5.78 Å². The Morgan fingerprint density at radius 3 is 2.23 bits per heavy atom. The number of hydrogen-bond donors (Lipinski definition) is 2. The van der Waals surface area contributed by atoms with Crippen LogP contribution in [0.3, 0.4) is 0 Å². The Kier molecular flexibility index (Phi) is 11.8. The van der Waals surface area contributed by atoms with Gasteiger partial charge in [-0.15, -0.1) is 13.2 Å². The fraction of sp³-hybridized carbons (Fsp3) is 0.408. The highest BCUT2D eigenvalue weighted by Crippen LogP contribution is 2.60. The number of carbonyl (C=O) groups is 2. The molecule has 0 radical (unpaired) electrons. The molecular formula is C49H56ClN3O7Si. The van der Waals surface area contributed by atoms with Crippen LogP contribution in [-0.4, -0.2) is 60.3 Å². The van der Waals surface area contributed by atoms with Gasteiger partial charge in [-0.1, -0.05) is 105 Å². The number of rotatable bonds is 14. The number of benzene rings is 3. The quantitative estimate of drug-likeness (QED) is 0.0936. The summed E-state index contributed by atoms with van der Waals surface area (Å²) in [5.41, 5.74) is 1.92. The average Bonchev–Trinajstić information content (AvgIpc) is 3.93. The third kappa shape index (κ3) is 7.52. The van der Waals surface area contributed by atoms with Crippen molar-refractivity contribution in [2.75, 3.05) is 19.6 Å². The fourth-order valence-corrected chi connectivity index (χ4v) is 11.3. The van der Waals surface area contributed by atoms with Crippen molar-refractivity contribution in [1.29, 1.82) is 0 Å². The number of halogens is 1. The normalized spacial score (nSPS) is 23.6. The van der Waals surface area contributed by atoms with Crippen LogP contribution in [0.1, 0.15) is 101 Å². The maximum Gasteiger partial charge on any atom is 0.265 e. The average molecular weight is 863 g/mol. The van der Waals surface area contributed by atoms with Gasteiger partial charge >= 0.3 is 0 Å². The molecule has 12 heteroatoms. The molecule has 1 unspecified atom stereocenters. The predicted molar refractivity (Wildman–Crippen MR) is 239 cm³/mol. The molecule has 0 spiro atoms. The zero-order valence-corrected chi connectivity index (χ0v) is 37.5. The summed E-state index contributed by atoms with van der Waals surface area (Å²) < 4.78 is 26.5. The number of aromatic nitrogens is 1. The molecule has 320 valence electrons. The molecule has 8 rings (SSSR count). The first-order valence-corrected chi connectivity index (χ1v) is 24.6. The number of ether oxygens (including phenoxy) is 2. The summed E-state index contributed by atoms with van der Waals surface area (Å²) in [5.74, 6) is -1.88. The highest BCUT2D eigenvalue weighted by atomic mass is 35.5. The molecular weight excluding hydrogens is 806 g/mol. The van der Waals surface area contributed by atoms with Crippen molar-refractivity contribution in [2.45, 2.75) is 95.5 Å². The largest absolute Gasteiger partial charge is 0.508 e. The van der Waals surface area contributed by atoms with Gasteiger partial charge in [0.05, 0.1) is 11.6 Å². The number of aliphatic hydroxyl groups excluding tert-OH is 1. The molecule has 61 heavy (non-hydrogen) atoms. The minimum atomic E-state index is -2.96. The maximum atomic E-state index is 15.9. The maximum absolute atomic E-state index is 15.9. The van der Waals surface area contributed by atoms with Gasteiger partial charge in [0.1, 0.15) is 30.3 Å². The lowest BCUT2D eigenvalue weighted by Gasteiger charge is -2.55. The van der Waals surface area contributed by atoms with E-state index in [1.807, 2.05) is 66.7 Å². The summed E-state index contributed by atoms with van der Waals surface area (Å²) in [7, 11) is -2.96. The lowest BCUT2D eigenvalue weighted by Crippen LogP contribution is -2.65. The standard InChI is InChI=1S/C49H56ClN3O7Si/c1-8-23-53(24-9-2)42-35-26-32-25-34-39(37(57-28-30-17-12-10-13-18-30)27-33(41(34)50)36-21-16-22-51-36)43(54)38(32)45(55)49(35,60-61(6,7)48(3,4)5)46(56)40-44(42)59-52-47(40)58-29-31-19-14-11-15-20-31/h8-15,17-20,27,32,35-36,42,51,55H,1-2,16,21-26,28-29H2,3-7H3/t32-,35-,36?,42-,49-/m0/s1. The van der Waals surface area contributed by atoms with Crippen molar-refractivity contribution in [2.24, 2.45) is 11.8 Å². The predicted octanol–water partition coefficient (Wildman–Crippen LogP) is 10.5. The minimum Gasteiger partial charge on any atom is -0.508 e. The molecule has 2 heterocycles. The second-order valence-electron chi connectivity index (χ2n) is 18.3. The Bertz CT molecular complexity index is 2360. The Morgan fingerprint density at radius 1 is 1.00 bits per heavy atom. The van der Waals surface area contributed by atoms with Crippen LogP contribution in [0.2, 0.25) is 23.2 Å². The Morgan fingerprint density at radius 2 is 1.64 bits per heavy atom. The molecule has 1 aliphatic heterocycles. The Balaban J connectivity index is 1.34. The van der Waals surface area contributed by atoms with Crippen LogP contribution in [-0.2, 0) is 24.1 Å². The number of aliphatic hydroxyl groups is 1. The summed E-state index contributed by atoms with van der Waals surface area (Å²) in [6, 6.07) is 20.6. The molecule has 4 aromatic rings. The molecule has 3 aliphatic carbocycles. The summed E-state index contributed by atoms with van der Waals surface area (Å²) in [6.07, 6.45) is 6.12. The van der Waals surface area contributed by atoms with Crippen LogP contribution >= 0.6 is 11.6 Å². The molecule has 1 saturated heterocycles. The monoisotopic (exact) mass is 861 g/mol. The van der Waals surface area contributed by atoms with Gasteiger partial charge in [-0.25, -0.2) is 0 Å². The molecule has 0 saturated carbocycles. The number of hydrogen-bond acceptors (Lipinski definition) is 10. The SMILES string of the molecule is C=CCN(CC=C)[C@@H]1c2onc(OCc3ccccc3)c2C(=O)[C@@]2(O[Si](C)(C)C(C)(C)C)C(O)=C3C(=O)c4c(OCc5ccccc5)cc(C5CCCN5)c(Cl)c4C[C@H]3C[C@@H]12. The molecule has 1 aromatic heterocycles. The number of allylic oxidation sites excluding steroid dienone is 1. The summed E-state index contributed by atoms with van der Waals surface area (Å²) in [5, 5.41) is 21.4. The van der Waals surface area contributed by atoms with E-state index in [-0.39, 0.29) is 42.0 Å². The van der Waals surface area contributed by atoms with E-state index < -0.39 is 48.4 Å². The molecule has 5 atom stereocenters. The number of ketones is 2. The van der Waals surface area contributed by atoms with Crippen LogP contribution in [0.25, 0.3) is 0 Å². The lowest BCUT2D eigenvalue weighted by atomic mass is 9.58. The van der Waals surface area contributed by atoms with E-state index in [4.69, 9.17) is 30.0 Å². The molecule has 1 fully saturated rings. The van der Waals surface area contributed by atoms with Gasteiger partial charge < -0.3 is 28.8 Å². The third-order valence-corrected chi connectivity index (χ3v) is 18.4. The van der Waals surface area contributed by atoms with Crippen molar-refractivity contribution in [3.63, 3.8) is 0 Å². The van der Waals surface area contributed by atoms with Crippen molar-refractivity contribution < 1.29 is 33.1 Å². The molecule has 2 N–H and O–H groups in total. The number of Topliss-reactive ketones (excluding diaryl/α,β-unsaturated/α-hetero) is 2. The van der Waals surface area contributed by atoms with Gasteiger partial charge in [0.25, 0.3) is 5.88 Å². The molecule has 0 amide bonds. The van der Waals surface area contributed by atoms with Gasteiger partial charge in [-0.05, 0) is 89.8 Å². The molecule has 0 bridgehead atoms. The smallest absolute Gasteiger partial charge is 0.265 e. The lowest BCUT2D eigenvalue weighted by molar-refractivity contribution is -0.0524. The fourth-order valence-electron chi connectivity index (χ4n) is 9.52. The first-order valence-electron chi connectivity index (χ1n) is 21.3. The Labute approximate surface area is 364 Å². The highest BCUT2D eigenvalue weighted by molar-refractivity contribution is 6.74. The van der Waals surface area contributed by atoms with Crippen molar-refractivity contribution >= 4 is 31.5 Å². The van der Waals surface area contributed by atoms with Crippen molar-refractivity contribution in [3.05, 3.63) is 148 Å². The van der Waals surface area contributed by atoms with Crippen LogP contribution in [0.15, 0.2) is 108 Å². The molecule has 3 aromatic carbocycles. The molecule has 4 aliphatic rings. The van der Waals surface area contributed by atoms with Gasteiger partial charge in [0.15, 0.2) is 25.5 Å². The Hall–Kier alpha value is -4.78. The number of nitrogens with zero attached hydrogens (tertiary/aromatic N) is 2. The first-order chi connectivity index (χ1) is 29.2. The van der Waals surface area contributed by atoms with Gasteiger partial charge in [-0.2, -0.15) is 0 Å². The summed E-state index contributed by atoms with van der Waals surface area (Å²) in [6.45, 7) is 20.5. The van der Waals surface area contributed by atoms with Crippen LogP contribution in [0, 0.1) is 11.8 Å². The number of nitrogens with one attached hydrogen (secondary N) is 1. The van der Waals surface area contributed by atoms with E-state index in [1.54, 1.807) is 12.2 Å². The van der Waals surface area contributed by atoms with E-state index in [2.05, 4.69) is 62.4 Å². The summed E-state index contributed by atoms with van der Waals surface area (Å²) >= 11 is 7.39. The van der Waals surface area contributed by atoms with Crippen LogP contribution < -0.4 is 14.8 Å². The van der Waals surface area contributed by atoms with E-state index in [9.17, 15) is 5.11 Å².